The van der Waals surface area contributed by atoms with Gasteiger partial charge in [0.2, 0.25) is 0 Å². The molecule has 0 spiro atoms. The van der Waals surface area contributed by atoms with Gasteiger partial charge in [0, 0.05) is 42.2 Å². The van der Waals surface area contributed by atoms with Gasteiger partial charge >= 0.3 is 10.1 Å². The topological polar surface area (TPSA) is 99.0 Å². The van der Waals surface area contributed by atoms with Crippen molar-refractivity contribution in [1.82, 2.24) is 19.7 Å². The molecule has 3 heterocycles. The third kappa shape index (κ3) is 5.82. The number of pyridine rings is 1. The maximum atomic E-state index is 11.4. The molecular weight excluding hydrogens is 494 g/mol. The fourth-order valence-corrected chi connectivity index (χ4v) is 5.91. The quantitative estimate of drug-likeness (QED) is 0.197. The number of nitrogens with zero attached hydrogens (tertiary/aromatic N) is 4. The van der Waals surface area contributed by atoms with Crippen molar-refractivity contribution in [3.05, 3.63) is 60.3 Å². The Morgan fingerprint density at radius 3 is 2.92 bits per heavy atom. The average Bonchev–Trinajstić information content (AvgIpc) is 3.09. The molecule has 1 aliphatic rings. The first-order valence-electron chi connectivity index (χ1n) is 12.0. The summed E-state index contributed by atoms with van der Waals surface area (Å²) in [6.45, 7) is 0.912. The molecule has 1 atom stereocenters. The highest BCUT2D eigenvalue weighted by Crippen LogP contribution is 2.31. The lowest BCUT2D eigenvalue weighted by molar-refractivity contribution is 0.475. The minimum absolute atomic E-state index is 0.372. The molecule has 2 aromatic heterocycles. The molecule has 1 N–H and O–H groups in total. The van der Waals surface area contributed by atoms with E-state index in [0.717, 1.165) is 82.9 Å². The molecule has 0 saturated carbocycles. The second-order valence-corrected chi connectivity index (χ2v) is 11.8. The third-order valence-corrected chi connectivity index (χ3v) is 8.01. The molecule has 4 aromatic rings. The fraction of sp³-hybridized carbons (Fsp3) is 0.346. The van der Waals surface area contributed by atoms with Crippen LogP contribution in [-0.2, 0) is 23.6 Å². The van der Waals surface area contributed by atoms with Gasteiger partial charge in [-0.1, -0.05) is 17.8 Å². The molecule has 0 aliphatic carbocycles. The fourth-order valence-electron chi connectivity index (χ4n) is 4.58. The number of hydrogen-bond donors (Lipinski definition) is 1. The number of hydrogen-bond acceptors (Lipinski definition) is 8. The molecule has 0 saturated heterocycles. The molecule has 10 heteroatoms. The van der Waals surface area contributed by atoms with Crippen LogP contribution in [0, 0.1) is 5.92 Å². The van der Waals surface area contributed by atoms with Gasteiger partial charge in [-0.25, -0.2) is 0 Å². The Morgan fingerprint density at radius 1 is 1.17 bits per heavy atom. The van der Waals surface area contributed by atoms with E-state index in [0.29, 0.717) is 11.7 Å². The summed E-state index contributed by atoms with van der Waals surface area (Å²) in [5.41, 5.74) is 4.16. The van der Waals surface area contributed by atoms with E-state index in [1.165, 1.54) is 0 Å². The van der Waals surface area contributed by atoms with Crippen LogP contribution in [0.3, 0.4) is 0 Å². The molecule has 188 valence electrons. The van der Waals surface area contributed by atoms with Crippen molar-refractivity contribution in [1.29, 1.82) is 0 Å². The first-order valence-corrected chi connectivity index (χ1v) is 14.8. The van der Waals surface area contributed by atoms with E-state index in [1.807, 2.05) is 37.4 Å². The van der Waals surface area contributed by atoms with E-state index in [2.05, 4.69) is 37.2 Å². The van der Waals surface area contributed by atoms with E-state index in [1.54, 1.807) is 24.0 Å². The smallest absolute Gasteiger partial charge is 0.306 e. The third-order valence-electron chi connectivity index (χ3n) is 6.41. The molecule has 0 fully saturated rings. The van der Waals surface area contributed by atoms with Crippen LogP contribution in [0.25, 0.3) is 22.3 Å². The van der Waals surface area contributed by atoms with E-state index < -0.39 is 10.1 Å². The van der Waals surface area contributed by atoms with Gasteiger partial charge in [0.25, 0.3) is 0 Å². The van der Waals surface area contributed by atoms with Crippen molar-refractivity contribution in [3.8, 4) is 17.1 Å². The summed E-state index contributed by atoms with van der Waals surface area (Å²) in [5.74, 6) is 2.76. The largest absolute Gasteiger partial charge is 0.385 e. The standard InChI is InChI=1S/C26H29N5O3S2/c1-31-25(21-9-11-23-19(15-21)6-3-13-27-23)29-30-26(31)35-14-4-5-18-7-8-20-16-22(34-36(2,32)33)10-12-24(20)28-17-18/h3,6,9-13,15-16,18,28H,4-5,7-8,14,17H2,1-2H3. The SMILES string of the molecule is Cn1c(SCCCC2CCc3cc(OS(C)(=O)=O)ccc3NC2)nnc1-c1ccc2ncccc2c1. The molecule has 1 unspecified atom stereocenters. The predicted molar refractivity (Wildman–Crippen MR) is 144 cm³/mol. The molecule has 1 aliphatic heterocycles. The van der Waals surface area contributed by atoms with Gasteiger partial charge in [-0.05, 0) is 79.6 Å². The van der Waals surface area contributed by atoms with Crippen molar-refractivity contribution in [2.75, 3.05) is 23.9 Å². The number of aromatic nitrogens is 4. The number of benzene rings is 2. The lowest BCUT2D eigenvalue weighted by atomic mass is 9.97. The van der Waals surface area contributed by atoms with Crippen LogP contribution in [0.1, 0.15) is 24.8 Å². The van der Waals surface area contributed by atoms with E-state index in [4.69, 9.17) is 4.18 Å². The molecule has 5 rings (SSSR count). The average molecular weight is 524 g/mol. The second-order valence-electron chi connectivity index (χ2n) is 9.16. The van der Waals surface area contributed by atoms with E-state index in [9.17, 15) is 8.42 Å². The normalized spacial score (nSPS) is 15.8. The zero-order chi connectivity index (χ0) is 25.1. The Kier molecular flexibility index (Phi) is 7.15. The second kappa shape index (κ2) is 10.5. The molecule has 36 heavy (non-hydrogen) atoms. The number of rotatable bonds is 8. The zero-order valence-electron chi connectivity index (χ0n) is 20.3. The van der Waals surface area contributed by atoms with Gasteiger partial charge in [0.15, 0.2) is 11.0 Å². The molecule has 2 aromatic carbocycles. The lowest BCUT2D eigenvalue weighted by Gasteiger charge is -2.14. The van der Waals surface area contributed by atoms with Crippen LogP contribution < -0.4 is 9.50 Å². The van der Waals surface area contributed by atoms with Gasteiger partial charge < -0.3 is 14.1 Å². The highest BCUT2D eigenvalue weighted by molar-refractivity contribution is 7.99. The summed E-state index contributed by atoms with van der Waals surface area (Å²) in [6, 6.07) is 15.6. The number of anilines is 1. The first kappa shape index (κ1) is 24.6. The molecule has 0 bridgehead atoms. The van der Waals surface area contributed by atoms with Crippen molar-refractivity contribution in [3.63, 3.8) is 0 Å². The van der Waals surface area contributed by atoms with E-state index >= 15 is 0 Å². The van der Waals surface area contributed by atoms with Crippen molar-refractivity contribution < 1.29 is 12.6 Å². The summed E-state index contributed by atoms with van der Waals surface area (Å²) in [4.78, 5) is 4.39. The Morgan fingerprint density at radius 2 is 2.06 bits per heavy atom. The van der Waals surface area contributed by atoms with Crippen LogP contribution >= 0.6 is 11.8 Å². The van der Waals surface area contributed by atoms with Crippen molar-refractivity contribution in [2.45, 2.75) is 30.8 Å². The predicted octanol–water partition coefficient (Wildman–Crippen LogP) is 4.92. The number of aryl methyl sites for hydroxylation is 1. The molecular formula is C26H29N5O3S2. The summed E-state index contributed by atoms with van der Waals surface area (Å²) >= 11 is 1.74. The molecule has 0 amide bonds. The zero-order valence-corrected chi connectivity index (χ0v) is 22.0. The Bertz CT molecular complexity index is 1490. The Hall–Kier alpha value is -3.11. The summed E-state index contributed by atoms with van der Waals surface area (Å²) in [7, 11) is -1.51. The molecule has 0 radical (unpaired) electrons. The van der Waals surface area contributed by atoms with Gasteiger partial charge in [-0.15, -0.1) is 10.2 Å². The number of thioether (sulfide) groups is 1. The van der Waals surface area contributed by atoms with Crippen LogP contribution in [0.15, 0.2) is 59.9 Å². The van der Waals surface area contributed by atoms with Gasteiger partial charge in [0.05, 0.1) is 11.8 Å². The first-order chi connectivity index (χ1) is 17.4. The Labute approximate surface area is 215 Å². The van der Waals surface area contributed by atoms with Gasteiger partial charge in [-0.2, -0.15) is 8.42 Å². The summed E-state index contributed by atoms with van der Waals surface area (Å²) in [6.07, 6.45) is 7.01. The van der Waals surface area contributed by atoms with Crippen LogP contribution in [0.5, 0.6) is 5.75 Å². The number of nitrogens with one attached hydrogen (secondary N) is 1. The number of fused-ring (bicyclic) bond motifs is 2. The monoisotopic (exact) mass is 523 g/mol. The summed E-state index contributed by atoms with van der Waals surface area (Å²) in [5, 5.41) is 14.4. The van der Waals surface area contributed by atoms with Crippen LogP contribution in [-0.4, -0.2) is 46.7 Å². The van der Waals surface area contributed by atoms with Gasteiger partial charge in [0.1, 0.15) is 5.75 Å². The minimum Gasteiger partial charge on any atom is -0.385 e. The van der Waals surface area contributed by atoms with Crippen LogP contribution in [0.4, 0.5) is 5.69 Å². The highest BCUT2D eigenvalue weighted by atomic mass is 32.2. The van der Waals surface area contributed by atoms with Crippen molar-refractivity contribution in [2.24, 2.45) is 13.0 Å². The van der Waals surface area contributed by atoms with Gasteiger partial charge in [-0.3, -0.25) is 4.98 Å². The Balaban J connectivity index is 1.13. The summed E-state index contributed by atoms with van der Waals surface area (Å²) < 4.78 is 30.0. The minimum atomic E-state index is -3.52. The molecule has 8 nitrogen and oxygen atoms in total. The maximum absolute atomic E-state index is 11.4. The van der Waals surface area contributed by atoms with E-state index in [-0.39, 0.29) is 0 Å². The van der Waals surface area contributed by atoms with Crippen LogP contribution in [0.2, 0.25) is 0 Å². The highest BCUT2D eigenvalue weighted by Gasteiger charge is 2.18. The van der Waals surface area contributed by atoms with Crippen molar-refractivity contribution >= 4 is 38.5 Å². The lowest BCUT2D eigenvalue weighted by Crippen LogP contribution is -2.12. The maximum Gasteiger partial charge on any atom is 0.306 e.